The lowest BCUT2D eigenvalue weighted by molar-refractivity contribution is -0.116. The zero-order valence-electron chi connectivity index (χ0n) is 12.8. The van der Waals surface area contributed by atoms with Gasteiger partial charge in [0.1, 0.15) is 0 Å². The highest BCUT2D eigenvalue weighted by atomic mass is 32.1. The van der Waals surface area contributed by atoms with Gasteiger partial charge in [-0.15, -0.1) is 5.10 Å². The molecular weight excluding hydrogens is 306 g/mol. The van der Waals surface area contributed by atoms with Gasteiger partial charge in [-0.1, -0.05) is 46.4 Å². The van der Waals surface area contributed by atoms with Gasteiger partial charge in [-0.3, -0.25) is 4.79 Å². The number of aromatic nitrogens is 2. The molecule has 3 aromatic rings. The lowest BCUT2D eigenvalue weighted by Crippen LogP contribution is -2.12. The highest BCUT2D eigenvalue weighted by Crippen LogP contribution is 2.23. The Kier molecular flexibility index (Phi) is 4.78. The summed E-state index contributed by atoms with van der Waals surface area (Å²) in [5.74, 6) is 0.0266. The molecule has 0 radical (unpaired) electrons. The summed E-state index contributed by atoms with van der Waals surface area (Å²) >= 11 is 1.35. The summed E-state index contributed by atoms with van der Waals surface area (Å²) in [4.78, 5) is 13.1. The van der Waals surface area contributed by atoms with Crippen molar-refractivity contribution in [1.82, 2.24) is 9.59 Å². The molecule has 1 amide bonds. The van der Waals surface area contributed by atoms with Crippen molar-refractivity contribution in [2.24, 2.45) is 0 Å². The van der Waals surface area contributed by atoms with Crippen molar-refractivity contribution in [3.8, 4) is 10.4 Å². The minimum Gasteiger partial charge on any atom is -0.326 e. The maximum absolute atomic E-state index is 12.1. The average Bonchev–Trinajstić information content (AvgIpc) is 3.08. The first-order chi connectivity index (χ1) is 11.2. The molecule has 0 atom stereocenters. The number of hydrogen-bond donors (Lipinski definition) is 1. The molecule has 0 fully saturated rings. The Morgan fingerprint density at radius 1 is 1.17 bits per heavy atom. The quantitative estimate of drug-likeness (QED) is 0.769. The van der Waals surface area contributed by atoms with Crippen molar-refractivity contribution in [3.05, 3.63) is 65.9 Å². The highest BCUT2D eigenvalue weighted by molar-refractivity contribution is 7.09. The van der Waals surface area contributed by atoms with E-state index in [2.05, 4.69) is 40.0 Å². The van der Waals surface area contributed by atoms with E-state index in [1.54, 1.807) is 6.20 Å². The fourth-order valence-corrected chi connectivity index (χ4v) is 2.88. The smallest absolute Gasteiger partial charge is 0.224 e. The van der Waals surface area contributed by atoms with Crippen LogP contribution < -0.4 is 5.32 Å². The highest BCUT2D eigenvalue weighted by Gasteiger charge is 2.05. The molecule has 1 heterocycles. The van der Waals surface area contributed by atoms with Crippen LogP contribution in [0.15, 0.2) is 54.7 Å². The average molecular weight is 323 g/mol. The number of carbonyl (C=O) groups is 1. The summed E-state index contributed by atoms with van der Waals surface area (Å²) in [5, 5.41) is 6.76. The first-order valence-corrected chi connectivity index (χ1v) is 8.21. The first kappa shape index (κ1) is 15.4. The van der Waals surface area contributed by atoms with Crippen LogP contribution >= 0.6 is 11.5 Å². The minimum absolute atomic E-state index is 0.0266. The number of anilines is 1. The normalized spacial score (nSPS) is 10.5. The largest absolute Gasteiger partial charge is 0.326 e. The molecule has 2 aromatic carbocycles. The maximum atomic E-state index is 12.1. The second-order valence-electron chi connectivity index (χ2n) is 5.40. The summed E-state index contributed by atoms with van der Waals surface area (Å²) in [6.07, 6.45) is 2.96. The van der Waals surface area contributed by atoms with E-state index in [0.717, 1.165) is 22.5 Å². The molecular formula is C18H17N3OS. The Hall–Kier alpha value is -2.53. The summed E-state index contributed by atoms with van der Waals surface area (Å²) in [7, 11) is 0. The molecule has 0 saturated heterocycles. The van der Waals surface area contributed by atoms with E-state index in [0.29, 0.717) is 6.42 Å². The molecule has 0 spiro atoms. The van der Waals surface area contributed by atoms with Crippen LogP contribution in [0.2, 0.25) is 0 Å². The van der Waals surface area contributed by atoms with Gasteiger partial charge in [0, 0.05) is 12.1 Å². The lowest BCUT2D eigenvalue weighted by Gasteiger charge is -2.06. The standard InChI is InChI=1S/C18H17N3OS/c1-13-3-2-4-14(11-13)5-10-18(22)20-16-8-6-15(7-9-16)17-12-19-21-23-17/h2-4,6-9,11-12H,5,10H2,1H3,(H,20,22). The third-order valence-electron chi connectivity index (χ3n) is 3.54. The monoisotopic (exact) mass is 323 g/mol. The van der Waals surface area contributed by atoms with E-state index >= 15 is 0 Å². The lowest BCUT2D eigenvalue weighted by atomic mass is 10.1. The third kappa shape index (κ3) is 4.23. The summed E-state index contributed by atoms with van der Waals surface area (Å²) in [5.41, 5.74) is 4.27. The zero-order chi connectivity index (χ0) is 16.1. The van der Waals surface area contributed by atoms with Crippen LogP contribution in [0.1, 0.15) is 17.5 Å². The van der Waals surface area contributed by atoms with Gasteiger partial charge in [0.15, 0.2) is 0 Å². The molecule has 4 nitrogen and oxygen atoms in total. The molecule has 116 valence electrons. The van der Waals surface area contributed by atoms with E-state index in [-0.39, 0.29) is 5.91 Å². The zero-order valence-corrected chi connectivity index (χ0v) is 13.6. The molecule has 0 bridgehead atoms. The van der Waals surface area contributed by atoms with Gasteiger partial charge in [0.25, 0.3) is 0 Å². The van der Waals surface area contributed by atoms with E-state index in [9.17, 15) is 4.79 Å². The first-order valence-electron chi connectivity index (χ1n) is 7.44. The molecule has 0 aliphatic heterocycles. The Morgan fingerprint density at radius 3 is 2.70 bits per heavy atom. The number of nitrogens with zero attached hydrogens (tertiary/aromatic N) is 2. The van der Waals surface area contributed by atoms with E-state index in [1.165, 1.54) is 22.7 Å². The predicted molar refractivity (Wildman–Crippen MR) is 93.5 cm³/mol. The molecule has 23 heavy (non-hydrogen) atoms. The number of aryl methyl sites for hydroxylation is 2. The van der Waals surface area contributed by atoms with Gasteiger partial charge in [-0.05, 0) is 48.1 Å². The van der Waals surface area contributed by atoms with Gasteiger partial charge in [-0.25, -0.2) is 0 Å². The molecule has 5 heteroatoms. The number of nitrogens with one attached hydrogen (secondary N) is 1. The van der Waals surface area contributed by atoms with Crippen LogP contribution in [0.25, 0.3) is 10.4 Å². The molecule has 3 rings (SSSR count). The Bertz CT molecular complexity index is 782. The van der Waals surface area contributed by atoms with Crippen molar-refractivity contribution < 1.29 is 4.79 Å². The van der Waals surface area contributed by atoms with Crippen LogP contribution in [0.4, 0.5) is 5.69 Å². The fourth-order valence-electron chi connectivity index (χ4n) is 2.36. The SMILES string of the molecule is Cc1cccc(CCC(=O)Nc2ccc(-c3cnns3)cc2)c1. The fraction of sp³-hybridized carbons (Fsp3) is 0.167. The van der Waals surface area contributed by atoms with Crippen molar-refractivity contribution in [3.63, 3.8) is 0 Å². The van der Waals surface area contributed by atoms with Crippen LogP contribution in [0.3, 0.4) is 0 Å². The minimum atomic E-state index is 0.0266. The van der Waals surface area contributed by atoms with Gasteiger partial charge in [-0.2, -0.15) is 0 Å². The van der Waals surface area contributed by atoms with E-state index in [1.807, 2.05) is 30.3 Å². The van der Waals surface area contributed by atoms with Crippen molar-refractivity contribution in [2.45, 2.75) is 19.8 Å². The third-order valence-corrected chi connectivity index (χ3v) is 4.25. The maximum Gasteiger partial charge on any atom is 0.224 e. The molecule has 0 saturated carbocycles. The second kappa shape index (κ2) is 7.15. The number of rotatable bonds is 5. The summed E-state index contributed by atoms with van der Waals surface area (Å²) in [6.45, 7) is 2.06. The van der Waals surface area contributed by atoms with Crippen molar-refractivity contribution in [1.29, 1.82) is 0 Å². The number of carbonyl (C=O) groups excluding carboxylic acids is 1. The second-order valence-corrected chi connectivity index (χ2v) is 6.18. The molecule has 0 unspecified atom stereocenters. The Morgan fingerprint density at radius 2 is 2.00 bits per heavy atom. The summed E-state index contributed by atoms with van der Waals surface area (Å²) in [6, 6.07) is 16.0. The van der Waals surface area contributed by atoms with E-state index in [4.69, 9.17) is 0 Å². The van der Waals surface area contributed by atoms with Crippen LogP contribution in [-0.2, 0) is 11.2 Å². The number of benzene rings is 2. The van der Waals surface area contributed by atoms with Crippen LogP contribution in [0, 0.1) is 6.92 Å². The van der Waals surface area contributed by atoms with Crippen LogP contribution in [0.5, 0.6) is 0 Å². The van der Waals surface area contributed by atoms with Crippen molar-refractivity contribution in [2.75, 3.05) is 5.32 Å². The molecule has 1 aromatic heterocycles. The Balaban J connectivity index is 1.55. The Labute approximate surface area is 139 Å². The topological polar surface area (TPSA) is 54.9 Å². The summed E-state index contributed by atoms with van der Waals surface area (Å²) < 4.78 is 3.85. The molecule has 0 aliphatic rings. The molecule has 1 N–H and O–H groups in total. The number of hydrogen-bond acceptors (Lipinski definition) is 4. The predicted octanol–water partition coefficient (Wildman–Crippen LogP) is 4.08. The van der Waals surface area contributed by atoms with Gasteiger partial charge in [0.05, 0.1) is 11.1 Å². The van der Waals surface area contributed by atoms with Crippen molar-refractivity contribution >= 4 is 23.1 Å². The van der Waals surface area contributed by atoms with Gasteiger partial charge in [0.2, 0.25) is 5.91 Å². The van der Waals surface area contributed by atoms with Gasteiger partial charge >= 0.3 is 0 Å². The van der Waals surface area contributed by atoms with Gasteiger partial charge < -0.3 is 5.32 Å². The number of amides is 1. The van der Waals surface area contributed by atoms with E-state index < -0.39 is 0 Å². The molecule has 0 aliphatic carbocycles. The van der Waals surface area contributed by atoms with Crippen LogP contribution in [-0.4, -0.2) is 15.5 Å².